The molecule has 2 aromatic rings. The van der Waals surface area contributed by atoms with Crippen LogP contribution in [0, 0.1) is 6.92 Å². The normalized spacial score (nSPS) is 12.1. The molecule has 0 atom stereocenters. The van der Waals surface area contributed by atoms with Crippen LogP contribution in [0.4, 0.5) is 0 Å². The Labute approximate surface area is 101 Å². The predicted molar refractivity (Wildman–Crippen MR) is 70.0 cm³/mol. The number of hydrogen-bond donors (Lipinski definition) is 1. The summed E-state index contributed by atoms with van der Waals surface area (Å²) in [4.78, 5) is 6.05. The van der Waals surface area contributed by atoms with Crippen LogP contribution in [0.5, 0.6) is 0 Å². The second-order valence-electron chi connectivity index (χ2n) is 4.22. The highest BCUT2D eigenvalue weighted by atomic mass is 16.3. The van der Waals surface area contributed by atoms with Gasteiger partial charge in [-0.15, -0.1) is 0 Å². The number of aliphatic imine (C=N–C) groups is 1. The Kier molecular flexibility index (Phi) is 3.04. The lowest BCUT2D eigenvalue weighted by Crippen LogP contribution is -2.30. The van der Waals surface area contributed by atoms with Crippen molar-refractivity contribution in [2.75, 3.05) is 14.1 Å². The Bertz CT molecular complexity index is 555. The largest absolute Gasteiger partial charge is 0.459 e. The molecule has 0 saturated heterocycles. The second-order valence-corrected chi connectivity index (χ2v) is 4.22. The maximum atomic E-state index is 5.75. The van der Waals surface area contributed by atoms with E-state index in [1.807, 2.05) is 39.2 Å². The number of hydrogen-bond acceptors (Lipinski definition) is 2. The summed E-state index contributed by atoms with van der Waals surface area (Å²) >= 11 is 0. The summed E-state index contributed by atoms with van der Waals surface area (Å²) in [6.45, 7) is 2.52. The zero-order chi connectivity index (χ0) is 12.4. The van der Waals surface area contributed by atoms with E-state index in [1.54, 1.807) is 4.90 Å². The molecule has 0 amide bonds. The number of aryl methyl sites for hydroxylation is 1. The van der Waals surface area contributed by atoms with Gasteiger partial charge in [0.1, 0.15) is 17.9 Å². The summed E-state index contributed by atoms with van der Waals surface area (Å²) in [7, 11) is 3.73. The molecule has 0 unspecified atom stereocenters. The molecule has 0 saturated carbocycles. The quantitative estimate of drug-likeness (QED) is 0.636. The lowest BCUT2D eigenvalue weighted by atomic mass is 10.1. The first-order valence-corrected chi connectivity index (χ1v) is 5.54. The van der Waals surface area contributed by atoms with Crippen LogP contribution in [0.2, 0.25) is 0 Å². The van der Waals surface area contributed by atoms with E-state index in [1.165, 1.54) is 0 Å². The van der Waals surface area contributed by atoms with Gasteiger partial charge in [0.05, 0.1) is 0 Å². The number of nitrogens with zero attached hydrogens (tertiary/aromatic N) is 2. The Morgan fingerprint density at radius 2 is 2.06 bits per heavy atom. The summed E-state index contributed by atoms with van der Waals surface area (Å²) in [6.07, 6.45) is 0. The van der Waals surface area contributed by atoms with Gasteiger partial charge in [-0.1, -0.05) is 18.2 Å². The zero-order valence-electron chi connectivity index (χ0n) is 10.4. The molecule has 4 heteroatoms. The lowest BCUT2D eigenvalue weighted by molar-refractivity contribution is 0.543. The van der Waals surface area contributed by atoms with Gasteiger partial charge in [0, 0.05) is 25.0 Å². The monoisotopic (exact) mass is 231 g/mol. The predicted octanol–water partition coefficient (Wildman–Crippen LogP) is 2.12. The van der Waals surface area contributed by atoms with E-state index >= 15 is 0 Å². The van der Waals surface area contributed by atoms with Gasteiger partial charge in [-0.3, -0.25) is 0 Å². The summed E-state index contributed by atoms with van der Waals surface area (Å²) in [6, 6.07) is 7.99. The van der Waals surface area contributed by atoms with Crippen molar-refractivity contribution < 1.29 is 4.42 Å². The molecule has 2 N–H and O–H groups in total. The molecule has 0 aliphatic heterocycles. The molecule has 90 valence electrons. The third-order valence-corrected chi connectivity index (χ3v) is 2.79. The zero-order valence-corrected chi connectivity index (χ0v) is 10.4. The van der Waals surface area contributed by atoms with E-state index in [4.69, 9.17) is 10.2 Å². The summed E-state index contributed by atoms with van der Waals surface area (Å²) in [5, 5.41) is 1.14. The summed E-state index contributed by atoms with van der Waals surface area (Å²) < 4.78 is 5.75. The second kappa shape index (κ2) is 4.49. The fourth-order valence-electron chi connectivity index (χ4n) is 1.67. The highest BCUT2D eigenvalue weighted by Gasteiger charge is 2.09. The molecule has 0 bridgehead atoms. The van der Waals surface area contributed by atoms with E-state index in [-0.39, 0.29) is 0 Å². The smallest absolute Gasteiger partial charge is 0.191 e. The van der Waals surface area contributed by atoms with Crippen LogP contribution in [-0.4, -0.2) is 25.0 Å². The Hall–Kier alpha value is -1.97. The molecule has 0 fully saturated rings. The topological polar surface area (TPSA) is 54.8 Å². The molecular formula is C13H17N3O. The standard InChI is InChI=1S/C13H17N3O/c1-9-10-6-4-5-7-11(10)17-12(9)8-15-13(14)16(2)3/h4-7H,8H2,1-3H3,(H2,14,15). The molecule has 1 heterocycles. The highest BCUT2D eigenvalue weighted by molar-refractivity contribution is 5.82. The van der Waals surface area contributed by atoms with Crippen LogP contribution in [0.15, 0.2) is 33.7 Å². The average Bonchev–Trinajstić information content (AvgIpc) is 2.64. The Morgan fingerprint density at radius 3 is 2.71 bits per heavy atom. The van der Waals surface area contributed by atoms with Gasteiger partial charge < -0.3 is 15.1 Å². The Morgan fingerprint density at radius 1 is 1.35 bits per heavy atom. The van der Waals surface area contributed by atoms with Crippen LogP contribution in [0.25, 0.3) is 11.0 Å². The van der Waals surface area contributed by atoms with Gasteiger partial charge in [0.25, 0.3) is 0 Å². The van der Waals surface area contributed by atoms with Crippen molar-refractivity contribution in [3.05, 3.63) is 35.6 Å². The number of fused-ring (bicyclic) bond motifs is 1. The van der Waals surface area contributed by atoms with Crippen LogP contribution < -0.4 is 5.73 Å². The average molecular weight is 231 g/mol. The van der Waals surface area contributed by atoms with Gasteiger partial charge >= 0.3 is 0 Å². The summed E-state index contributed by atoms with van der Waals surface area (Å²) in [5.74, 6) is 1.38. The molecule has 1 aromatic carbocycles. The third kappa shape index (κ3) is 2.25. The van der Waals surface area contributed by atoms with E-state index in [9.17, 15) is 0 Å². The van der Waals surface area contributed by atoms with E-state index in [0.717, 1.165) is 22.3 Å². The van der Waals surface area contributed by atoms with Crippen LogP contribution >= 0.6 is 0 Å². The van der Waals surface area contributed by atoms with Gasteiger partial charge in [-0.05, 0) is 13.0 Å². The van der Waals surface area contributed by atoms with Crippen molar-refractivity contribution in [3.63, 3.8) is 0 Å². The number of rotatable bonds is 2. The van der Waals surface area contributed by atoms with Crippen molar-refractivity contribution in [1.29, 1.82) is 0 Å². The van der Waals surface area contributed by atoms with Crippen molar-refractivity contribution in [2.45, 2.75) is 13.5 Å². The summed E-state index contributed by atoms with van der Waals surface area (Å²) in [5.41, 5.74) is 7.78. The van der Waals surface area contributed by atoms with Crippen molar-refractivity contribution in [2.24, 2.45) is 10.7 Å². The molecule has 2 rings (SSSR count). The van der Waals surface area contributed by atoms with Crippen molar-refractivity contribution in [1.82, 2.24) is 4.90 Å². The number of nitrogens with two attached hydrogens (primary N) is 1. The van der Waals surface area contributed by atoms with Gasteiger partial charge in [-0.2, -0.15) is 0 Å². The van der Waals surface area contributed by atoms with Crippen LogP contribution in [-0.2, 0) is 6.54 Å². The number of benzene rings is 1. The maximum absolute atomic E-state index is 5.75. The molecule has 0 aliphatic rings. The molecule has 0 radical (unpaired) electrons. The number of para-hydroxylation sites is 1. The minimum absolute atomic E-state index is 0.477. The van der Waals surface area contributed by atoms with Gasteiger partial charge in [0.15, 0.2) is 5.96 Å². The molecule has 4 nitrogen and oxygen atoms in total. The molecule has 17 heavy (non-hydrogen) atoms. The van der Waals surface area contributed by atoms with E-state index in [0.29, 0.717) is 12.5 Å². The first-order valence-electron chi connectivity index (χ1n) is 5.54. The van der Waals surface area contributed by atoms with Crippen molar-refractivity contribution >= 4 is 16.9 Å². The fraction of sp³-hybridized carbons (Fsp3) is 0.308. The fourth-order valence-corrected chi connectivity index (χ4v) is 1.67. The molecule has 1 aromatic heterocycles. The van der Waals surface area contributed by atoms with E-state index < -0.39 is 0 Å². The first kappa shape index (κ1) is 11.5. The van der Waals surface area contributed by atoms with Crippen molar-refractivity contribution in [3.8, 4) is 0 Å². The first-order chi connectivity index (χ1) is 8.09. The maximum Gasteiger partial charge on any atom is 0.191 e. The SMILES string of the molecule is Cc1c(CN=C(N)N(C)C)oc2ccccc12. The minimum atomic E-state index is 0.477. The highest BCUT2D eigenvalue weighted by Crippen LogP contribution is 2.25. The van der Waals surface area contributed by atoms with E-state index in [2.05, 4.69) is 11.1 Å². The van der Waals surface area contributed by atoms with Gasteiger partial charge in [0.2, 0.25) is 0 Å². The van der Waals surface area contributed by atoms with Gasteiger partial charge in [-0.25, -0.2) is 4.99 Å². The molecule has 0 spiro atoms. The Balaban J connectivity index is 2.31. The molecular weight excluding hydrogens is 214 g/mol. The lowest BCUT2D eigenvalue weighted by Gasteiger charge is -2.09. The number of furan rings is 1. The molecule has 0 aliphatic carbocycles. The van der Waals surface area contributed by atoms with Crippen LogP contribution in [0.3, 0.4) is 0 Å². The third-order valence-electron chi connectivity index (χ3n) is 2.79. The number of guanidine groups is 1. The minimum Gasteiger partial charge on any atom is -0.459 e. The van der Waals surface area contributed by atoms with Crippen LogP contribution in [0.1, 0.15) is 11.3 Å².